The number of nitrogens with zero attached hydrogens (tertiary/aromatic N) is 1. The van der Waals surface area contributed by atoms with Crippen LogP contribution in [0.5, 0.6) is 0 Å². The van der Waals surface area contributed by atoms with Crippen molar-refractivity contribution in [2.75, 3.05) is 13.2 Å². The lowest BCUT2D eigenvalue weighted by atomic mass is 10.0. The van der Waals surface area contributed by atoms with Crippen LogP contribution < -0.4 is 0 Å². The summed E-state index contributed by atoms with van der Waals surface area (Å²) in [5.74, 6) is 1.92. The molecule has 2 aliphatic carbocycles. The van der Waals surface area contributed by atoms with Gasteiger partial charge in [0.25, 0.3) is 0 Å². The maximum atomic E-state index is 12.3. The molecule has 0 aromatic heterocycles. The summed E-state index contributed by atoms with van der Waals surface area (Å²) in [5, 5.41) is 9.00. The van der Waals surface area contributed by atoms with Crippen molar-refractivity contribution in [1.29, 1.82) is 0 Å². The zero-order valence-electron chi connectivity index (χ0n) is 10.4. The average molecular weight is 225 g/mol. The molecule has 3 heteroatoms. The van der Waals surface area contributed by atoms with E-state index in [1.165, 1.54) is 25.7 Å². The van der Waals surface area contributed by atoms with Gasteiger partial charge < -0.3 is 10.0 Å². The Kier molecular flexibility index (Phi) is 3.53. The van der Waals surface area contributed by atoms with Crippen molar-refractivity contribution in [3.8, 4) is 0 Å². The number of rotatable bonds is 4. The van der Waals surface area contributed by atoms with Gasteiger partial charge in [0.1, 0.15) is 0 Å². The van der Waals surface area contributed by atoms with Crippen LogP contribution in [0, 0.1) is 17.8 Å². The highest BCUT2D eigenvalue weighted by Crippen LogP contribution is 2.56. The molecule has 2 saturated carbocycles. The summed E-state index contributed by atoms with van der Waals surface area (Å²) in [6, 6.07) is 0.210. The summed E-state index contributed by atoms with van der Waals surface area (Å²) in [7, 11) is 0. The summed E-state index contributed by atoms with van der Waals surface area (Å²) >= 11 is 0. The van der Waals surface area contributed by atoms with Crippen molar-refractivity contribution in [3.63, 3.8) is 0 Å². The Labute approximate surface area is 97.8 Å². The van der Waals surface area contributed by atoms with Crippen LogP contribution in [0.3, 0.4) is 0 Å². The third-order valence-electron chi connectivity index (χ3n) is 4.19. The predicted molar refractivity (Wildman–Crippen MR) is 62.9 cm³/mol. The quantitative estimate of drug-likeness (QED) is 0.790. The number of hydrogen-bond acceptors (Lipinski definition) is 2. The van der Waals surface area contributed by atoms with Crippen LogP contribution in [0.15, 0.2) is 0 Å². The van der Waals surface area contributed by atoms with E-state index in [1.807, 2.05) is 18.7 Å². The van der Waals surface area contributed by atoms with E-state index in [4.69, 9.17) is 5.11 Å². The molecule has 2 aliphatic rings. The van der Waals surface area contributed by atoms with E-state index in [9.17, 15) is 4.79 Å². The van der Waals surface area contributed by atoms with E-state index < -0.39 is 0 Å². The second kappa shape index (κ2) is 4.74. The molecule has 1 N–H and O–H groups in total. The molecule has 92 valence electrons. The fourth-order valence-electron chi connectivity index (χ4n) is 3.28. The number of hydrogen-bond donors (Lipinski definition) is 1. The molecule has 0 heterocycles. The topological polar surface area (TPSA) is 40.5 Å². The Bertz CT molecular complexity index is 253. The Hall–Kier alpha value is -0.570. The molecule has 3 nitrogen and oxygen atoms in total. The van der Waals surface area contributed by atoms with E-state index in [0.717, 1.165) is 0 Å². The van der Waals surface area contributed by atoms with Crippen molar-refractivity contribution in [2.45, 2.75) is 45.6 Å². The van der Waals surface area contributed by atoms with Crippen molar-refractivity contribution >= 4 is 5.91 Å². The summed E-state index contributed by atoms with van der Waals surface area (Å²) < 4.78 is 0. The third kappa shape index (κ3) is 2.10. The number of fused-ring (bicyclic) bond motifs is 1. The minimum absolute atomic E-state index is 0.0754. The summed E-state index contributed by atoms with van der Waals surface area (Å²) in [4.78, 5) is 14.2. The normalized spacial score (nSPS) is 32.4. The maximum absolute atomic E-state index is 12.3. The monoisotopic (exact) mass is 225 g/mol. The van der Waals surface area contributed by atoms with Gasteiger partial charge in [-0.25, -0.2) is 0 Å². The molecule has 0 aromatic rings. The van der Waals surface area contributed by atoms with Gasteiger partial charge in [-0.3, -0.25) is 4.79 Å². The number of amides is 1. The molecule has 0 aromatic carbocycles. The second-order valence-corrected chi connectivity index (χ2v) is 5.49. The van der Waals surface area contributed by atoms with Crippen LogP contribution in [0.1, 0.15) is 39.5 Å². The zero-order valence-corrected chi connectivity index (χ0v) is 10.4. The Morgan fingerprint density at radius 2 is 1.88 bits per heavy atom. The smallest absolute Gasteiger partial charge is 0.226 e. The zero-order chi connectivity index (χ0) is 11.7. The third-order valence-corrected chi connectivity index (χ3v) is 4.19. The average Bonchev–Trinajstić information content (AvgIpc) is 2.98. The first-order valence-corrected chi connectivity index (χ1v) is 6.58. The predicted octanol–water partition coefficient (Wildman–Crippen LogP) is 1.65. The Morgan fingerprint density at radius 1 is 1.31 bits per heavy atom. The molecule has 0 saturated heterocycles. The van der Waals surface area contributed by atoms with E-state index in [2.05, 4.69) is 0 Å². The van der Waals surface area contributed by atoms with Gasteiger partial charge in [-0.15, -0.1) is 0 Å². The largest absolute Gasteiger partial charge is 0.395 e. The van der Waals surface area contributed by atoms with Gasteiger partial charge in [0.15, 0.2) is 0 Å². The molecule has 0 radical (unpaired) electrons. The molecule has 2 unspecified atom stereocenters. The van der Waals surface area contributed by atoms with Crippen LogP contribution in [-0.2, 0) is 4.79 Å². The van der Waals surface area contributed by atoms with Gasteiger partial charge in [-0.2, -0.15) is 0 Å². The number of carbonyl (C=O) groups excluding carboxylic acids is 1. The number of aliphatic hydroxyl groups is 1. The molecule has 2 fully saturated rings. The van der Waals surface area contributed by atoms with Gasteiger partial charge in [0.05, 0.1) is 6.61 Å². The fraction of sp³-hybridized carbons (Fsp3) is 0.923. The molecular formula is C13H23NO2. The van der Waals surface area contributed by atoms with Gasteiger partial charge in [0.2, 0.25) is 5.91 Å². The Balaban J connectivity index is 1.96. The molecule has 16 heavy (non-hydrogen) atoms. The first-order valence-electron chi connectivity index (χ1n) is 6.58. The van der Waals surface area contributed by atoms with Gasteiger partial charge in [-0.05, 0) is 38.5 Å². The van der Waals surface area contributed by atoms with Crippen LogP contribution in [0.2, 0.25) is 0 Å². The van der Waals surface area contributed by atoms with Crippen molar-refractivity contribution in [3.05, 3.63) is 0 Å². The summed E-state index contributed by atoms with van der Waals surface area (Å²) in [6.07, 6.45) is 5.08. The van der Waals surface area contributed by atoms with E-state index in [-0.39, 0.29) is 18.6 Å². The van der Waals surface area contributed by atoms with E-state index >= 15 is 0 Å². The van der Waals surface area contributed by atoms with E-state index in [0.29, 0.717) is 24.3 Å². The lowest BCUT2D eigenvalue weighted by Gasteiger charge is -2.26. The first kappa shape index (κ1) is 11.9. The van der Waals surface area contributed by atoms with Crippen LogP contribution >= 0.6 is 0 Å². The molecule has 0 aliphatic heterocycles. The lowest BCUT2D eigenvalue weighted by Crippen LogP contribution is -2.40. The second-order valence-electron chi connectivity index (χ2n) is 5.49. The van der Waals surface area contributed by atoms with Crippen molar-refractivity contribution < 1.29 is 9.90 Å². The minimum Gasteiger partial charge on any atom is -0.395 e. The SMILES string of the molecule is CC(C)N(CCO)C(=O)C1C2CCCCC21. The van der Waals surface area contributed by atoms with Crippen molar-refractivity contribution in [1.82, 2.24) is 4.90 Å². The standard InChI is InChI=1S/C13H23NO2/c1-9(2)14(7-8-15)13(16)12-10-5-3-4-6-11(10)12/h9-12,15H,3-8H2,1-2H3. The number of carbonyl (C=O) groups is 1. The van der Waals surface area contributed by atoms with Crippen LogP contribution in [-0.4, -0.2) is 35.1 Å². The molecule has 2 rings (SSSR count). The first-order chi connectivity index (χ1) is 7.66. The van der Waals surface area contributed by atoms with Crippen molar-refractivity contribution in [2.24, 2.45) is 17.8 Å². The molecule has 0 bridgehead atoms. The highest BCUT2D eigenvalue weighted by Gasteiger charge is 2.55. The lowest BCUT2D eigenvalue weighted by molar-refractivity contribution is -0.135. The minimum atomic E-state index is 0.0754. The number of aliphatic hydroxyl groups excluding tert-OH is 1. The van der Waals surface area contributed by atoms with Crippen LogP contribution in [0.25, 0.3) is 0 Å². The van der Waals surface area contributed by atoms with Gasteiger partial charge in [0, 0.05) is 18.5 Å². The van der Waals surface area contributed by atoms with Gasteiger partial charge >= 0.3 is 0 Å². The Morgan fingerprint density at radius 3 is 2.31 bits per heavy atom. The van der Waals surface area contributed by atoms with E-state index in [1.54, 1.807) is 0 Å². The molecular weight excluding hydrogens is 202 g/mol. The highest BCUT2D eigenvalue weighted by atomic mass is 16.3. The fourth-order valence-corrected chi connectivity index (χ4v) is 3.28. The maximum Gasteiger partial charge on any atom is 0.226 e. The highest BCUT2D eigenvalue weighted by molar-refractivity contribution is 5.82. The molecule has 2 atom stereocenters. The summed E-state index contributed by atoms with van der Waals surface area (Å²) in [5.41, 5.74) is 0. The molecule has 1 amide bonds. The molecule has 0 spiro atoms. The van der Waals surface area contributed by atoms with Gasteiger partial charge in [-0.1, -0.05) is 12.8 Å². The summed E-state index contributed by atoms with van der Waals surface area (Å²) in [6.45, 7) is 4.62. The van der Waals surface area contributed by atoms with Crippen LogP contribution in [0.4, 0.5) is 0 Å².